The van der Waals surface area contributed by atoms with Crippen molar-refractivity contribution < 1.29 is 4.79 Å². The second-order valence-corrected chi connectivity index (χ2v) is 8.74. The van der Waals surface area contributed by atoms with Gasteiger partial charge in [0.05, 0.1) is 6.54 Å². The number of rotatable bonds is 8. The molecule has 4 rings (SSSR count). The van der Waals surface area contributed by atoms with Gasteiger partial charge in [0, 0.05) is 57.7 Å². The molecule has 1 aromatic heterocycles. The lowest BCUT2D eigenvalue weighted by molar-refractivity contribution is -0.131. The summed E-state index contributed by atoms with van der Waals surface area (Å²) in [5, 5.41) is 0.786. The summed E-state index contributed by atoms with van der Waals surface area (Å²) >= 11 is 1.35. The molecule has 0 atom stereocenters. The SMILES string of the molecule is CN(CC(=O)N1CCN(CC=Cc2ccccc2)CC1)c1nc(Cc2ccccc2)ns1. The van der Waals surface area contributed by atoms with Crippen molar-refractivity contribution in [2.75, 3.05) is 51.2 Å². The molecule has 166 valence electrons. The van der Waals surface area contributed by atoms with Crippen molar-refractivity contribution in [1.29, 1.82) is 0 Å². The molecule has 1 saturated heterocycles. The summed E-state index contributed by atoms with van der Waals surface area (Å²) in [7, 11) is 1.91. The third-order valence-electron chi connectivity index (χ3n) is 5.56. The van der Waals surface area contributed by atoms with Gasteiger partial charge >= 0.3 is 0 Å². The Morgan fingerprint density at radius 1 is 1.03 bits per heavy atom. The van der Waals surface area contributed by atoms with E-state index in [0.29, 0.717) is 13.0 Å². The average molecular weight is 448 g/mol. The van der Waals surface area contributed by atoms with Gasteiger partial charge in [0.1, 0.15) is 5.82 Å². The van der Waals surface area contributed by atoms with Crippen LogP contribution in [0.4, 0.5) is 5.13 Å². The highest BCUT2D eigenvalue weighted by Crippen LogP contribution is 2.18. The van der Waals surface area contributed by atoms with E-state index < -0.39 is 0 Å². The van der Waals surface area contributed by atoms with Crippen molar-refractivity contribution in [2.45, 2.75) is 6.42 Å². The van der Waals surface area contributed by atoms with Crippen molar-refractivity contribution in [2.24, 2.45) is 0 Å². The zero-order chi connectivity index (χ0) is 22.2. The molecule has 0 spiro atoms. The van der Waals surface area contributed by atoms with Gasteiger partial charge in [-0.05, 0) is 11.1 Å². The molecule has 32 heavy (non-hydrogen) atoms. The first-order valence-electron chi connectivity index (χ1n) is 11.0. The van der Waals surface area contributed by atoms with Crippen LogP contribution in [0.25, 0.3) is 6.08 Å². The largest absolute Gasteiger partial charge is 0.341 e. The number of nitrogens with zero attached hydrogens (tertiary/aromatic N) is 5. The molecular formula is C25H29N5OS. The average Bonchev–Trinajstić information content (AvgIpc) is 3.29. The second kappa shape index (κ2) is 11.0. The van der Waals surface area contributed by atoms with Crippen LogP contribution >= 0.6 is 11.5 Å². The van der Waals surface area contributed by atoms with E-state index in [4.69, 9.17) is 0 Å². The number of benzene rings is 2. The molecule has 1 aliphatic rings. The molecule has 2 heterocycles. The highest BCUT2D eigenvalue weighted by Gasteiger charge is 2.22. The van der Waals surface area contributed by atoms with Gasteiger partial charge in [-0.15, -0.1) is 0 Å². The van der Waals surface area contributed by atoms with Gasteiger partial charge < -0.3 is 9.80 Å². The minimum absolute atomic E-state index is 0.145. The van der Waals surface area contributed by atoms with Crippen molar-refractivity contribution in [3.05, 3.63) is 83.7 Å². The Bertz CT molecular complexity index is 1010. The van der Waals surface area contributed by atoms with Gasteiger partial charge in [0.25, 0.3) is 0 Å². The van der Waals surface area contributed by atoms with E-state index in [9.17, 15) is 4.79 Å². The zero-order valence-corrected chi connectivity index (χ0v) is 19.2. The predicted octanol–water partition coefficient (Wildman–Crippen LogP) is 3.42. The number of anilines is 1. The lowest BCUT2D eigenvalue weighted by Gasteiger charge is -2.34. The van der Waals surface area contributed by atoms with E-state index in [1.165, 1.54) is 22.7 Å². The van der Waals surface area contributed by atoms with E-state index in [1.807, 2.05) is 53.2 Å². The first-order chi connectivity index (χ1) is 15.7. The first-order valence-corrected chi connectivity index (χ1v) is 11.7. The Balaban J connectivity index is 1.21. The highest BCUT2D eigenvalue weighted by atomic mass is 32.1. The van der Waals surface area contributed by atoms with Crippen LogP contribution in [0.5, 0.6) is 0 Å². The molecule has 1 amide bonds. The molecule has 1 fully saturated rings. The lowest BCUT2D eigenvalue weighted by atomic mass is 10.1. The van der Waals surface area contributed by atoms with Gasteiger partial charge in [-0.3, -0.25) is 9.69 Å². The summed E-state index contributed by atoms with van der Waals surface area (Å²) in [6.07, 6.45) is 5.06. The number of hydrogen-bond acceptors (Lipinski definition) is 6. The zero-order valence-electron chi connectivity index (χ0n) is 18.4. The maximum atomic E-state index is 12.8. The summed E-state index contributed by atoms with van der Waals surface area (Å²) < 4.78 is 4.46. The van der Waals surface area contributed by atoms with Crippen molar-refractivity contribution in [3.63, 3.8) is 0 Å². The van der Waals surface area contributed by atoms with Gasteiger partial charge in [-0.2, -0.15) is 4.37 Å². The quantitative estimate of drug-likeness (QED) is 0.530. The second-order valence-electron chi connectivity index (χ2n) is 8.01. The summed E-state index contributed by atoms with van der Waals surface area (Å²) in [4.78, 5) is 23.7. The minimum Gasteiger partial charge on any atom is -0.341 e. The van der Waals surface area contributed by atoms with E-state index in [2.05, 4.69) is 50.7 Å². The molecule has 6 nitrogen and oxygen atoms in total. The number of carbonyl (C=O) groups is 1. The topological polar surface area (TPSA) is 52.6 Å². The molecule has 0 bridgehead atoms. The van der Waals surface area contributed by atoms with E-state index >= 15 is 0 Å². The van der Waals surface area contributed by atoms with Crippen LogP contribution in [0.3, 0.4) is 0 Å². The van der Waals surface area contributed by atoms with Crippen molar-refractivity contribution in [1.82, 2.24) is 19.2 Å². The standard InChI is InChI=1S/C25H29N5OS/c1-28(25-26-23(27-32-25)19-22-11-6-3-7-12-22)20-24(31)30-17-15-29(16-18-30)14-8-13-21-9-4-2-5-10-21/h2-13H,14-20H2,1H3. The van der Waals surface area contributed by atoms with Crippen LogP contribution in [-0.4, -0.2) is 71.4 Å². The number of amides is 1. The molecule has 0 N–H and O–H groups in total. The minimum atomic E-state index is 0.145. The summed E-state index contributed by atoms with van der Waals surface area (Å²) in [5.41, 5.74) is 2.40. The van der Waals surface area contributed by atoms with Gasteiger partial charge in [-0.25, -0.2) is 4.98 Å². The summed E-state index contributed by atoms with van der Waals surface area (Å²) in [6, 6.07) is 20.5. The molecule has 1 aliphatic heterocycles. The normalized spacial score (nSPS) is 14.7. The first kappa shape index (κ1) is 22.2. The van der Waals surface area contributed by atoms with Crippen LogP contribution in [0.2, 0.25) is 0 Å². The molecule has 0 radical (unpaired) electrons. The molecule has 3 aromatic rings. The Kier molecular flexibility index (Phi) is 7.64. The van der Waals surface area contributed by atoms with Crippen LogP contribution < -0.4 is 4.90 Å². The fraction of sp³-hybridized carbons (Fsp3) is 0.320. The maximum absolute atomic E-state index is 12.8. The fourth-order valence-electron chi connectivity index (χ4n) is 3.70. The van der Waals surface area contributed by atoms with Crippen LogP contribution in [-0.2, 0) is 11.2 Å². The highest BCUT2D eigenvalue weighted by molar-refractivity contribution is 7.09. The monoisotopic (exact) mass is 447 g/mol. The molecule has 0 unspecified atom stereocenters. The molecular weight excluding hydrogens is 418 g/mol. The fourth-order valence-corrected chi connectivity index (χ4v) is 4.34. The number of carbonyl (C=O) groups excluding carboxylic acids is 1. The van der Waals surface area contributed by atoms with Crippen LogP contribution in [0, 0.1) is 0 Å². The Hall–Kier alpha value is -3.03. The van der Waals surface area contributed by atoms with Crippen LogP contribution in [0.15, 0.2) is 66.7 Å². The summed E-state index contributed by atoms with van der Waals surface area (Å²) in [6.45, 7) is 4.56. The third kappa shape index (κ3) is 6.24. The number of aromatic nitrogens is 2. The maximum Gasteiger partial charge on any atom is 0.242 e. The van der Waals surface area contributed by atoms with Crippen LogP contribution in [0.1, 0.15) is 17.0 Å². The number of likely N-dealkylation sites (N-methyl/N-ethyl adjacent to an activating group) is 1. The Labute approximate surface area is 194 Å². The Morgan fingerprint density at radius 2 is 1.72 bits per heavy atom. The molecule has 2 aromatic carbocycles. The lowest BCUT2D eigenvalue weighted by Crippen LogP contribution is -2.50. The van der Waals surface area contributed by atoms with E-state index in [1.54, 1.807) is 0 Å². The molecule has 0 aliphatic carbocycles. The smallest absolute Gasteiger partial charge is 0.242 e. The number of hydrogen-bond donors (Lipinski definition) is 0. The van der Waals surface area contributed by atoms with Gasteiger partial charge in [0.2, 0.25) is 11.0 Å². The van der Waals surface area contributed by atoms with Crippen molar-refractivity contribution >= 4 is 28.6 Å². The third-order valence-corrected chi connectivity index (χ3v) is 6.43. The number of piperazine rings is 1. The molecule has 0 saturated carbocycles. The van der Waals surface area contributed by atoms with Crippen molar-refractivity contribution in [3.8, 4) is 0 Å². The van der Waals surface area contributed by atoms with E-state index in [-0.39, 0.29) is 5.91 Å². The van der Waals surface area contributed by atoms with Gasteiger partial charge in [0.15, 0.2) is 0 Å². The van der Waals surface area contributed by atoms with Gasteiger partial charge in [-0.1, -0.05) is 72.8 Å². The Morgan fingerprint density at radius 3 is 2.44 bits per heavy atom. The summed E-state index contributed by atoms with van der Waals surface area (Å²) in [5.74, 6) is 0.944. The molecule has 7 heteroatoms. The van der Waals surface area contributed by atoms with E-state index in [0.717, 1.165) is 43.7 Å². The predicted molar refractivity (Wildman–Crippen MR) is 131 cm³/mol.